The molecule has 0 N–H and O–H groups in total. The zero-order valence-electron chi connectivity index (χ0n) is 17.3. The number of thiophene rings is 1. The minimum absolute atomic E-state index is 1.08. The van der Waals surface area contributed by atoms with Crippen LogP contribution in [0.2, 0.25) is 0 Å². The molecule has 0 saturated carbocycles. The standard InChI is InChI=1S/C26H20N4S/c1-17-5-7-27-15-23(17)19-9-21(13-29-11-19)25-3-4-26(31-25)22-10-20(12-30-14-22)24-16-28-8-6-18(24)2/h3-16H,1-2H3. The minimum Gasteiger partial charge on any atom is -0.264 e. The summed E-state index contributed by atoms with van der Waals surface area (Å²) >= 11 is 1.74. The first kappa shape index (κ1) is 19.3. The topological polar surface area (TPSA) is 51.6 Å². The summed E-state index contributed by atoms with van der Waals surface area (Å²) in [5, 5.41) is 0. The zero-order valence-corrected chi connectivity index (χ0v) is 18.1. The lowest BCUT2D eigenvalue weighted by atomic mass is 10.0. The van der Waals surface area contributed by atoms with Crippen LogP contribution in [0.5, 0.6) is 0 Å². The van der Waals surface area contributed by atoms with Crippen LogP contribution in [0.15, 0.2) is 86.0 Å². The van der Waals surface area contributed by atoms with E-state index in [1.54, 1.807) is 11.3 Å². The predicted molar refractivity (Wildman–Crippen MR) is 127 cm³/mol. The summed E-state index contributed by atoms with van der Waals surface area (Å²) in [7, 11) is 0. The van der Waals surface area contributed by atoms with Gasteiger partial charge in [0.05, 0.1) is 0 Å². The third-order valence-corrected chi connectivity index (χ3v) is 6.54. The minimum atomic E-state index is 1.08. The Labute approximate surface area is 185 Å². The van der Waals surface area contributed by atoms with Gasteiger partial charge in [-0.05, 0) is 61.4 Å². The van der Waals surface area contributed by atoms with Gasteiger partial charge in [-0.1, -0.05) is 0 Å². The number of rotatable bonds is 4. The van der Waals surface area contributed by atoms with Crippen LogP contribution >= 0.6 is 11.3 Å². The molecule has 0 unspecified atom stereocenters. The summed E-state index contributed by atoms with van der Waals surface area (Å²) < 4.78 is 0. The molecule has 0 aliphatic rings. The summed E-state index contributed by atoms with van der Waals surface area (Å²) in [5.74, 6) is 0. The van der Waals surface area contributed by atoms with Crippen molar-refractivity contribution in [1.29, 1.82) is 0 Å². The molecule has 0 aliphatic carbocycles. The highest BCUT2D eigenvalue weighted by molar-refractivity contribution is 7.18. The van der Waals surface area contributed by atoms with Crippen molar-refractivity contribution in [1.82, 2.24) is 19.9 Å². The maximum absolute atomic E-state index is 4.48. The van der Waals surface area contributed by atoms with Crippen LogP contribution in [0, 0.1) is 13.8 Å². The van der Waals surface area contributed by atoms with Gasteiger partial charge in [0.1, 0.15) is 0 Å². The van der Waals surface area contributed by atoms with Crippen molar-refractivity contribution in [3.63, 3.8) is 0 Å². The van der Waals surface area contributed by atoms with Crippen LogP contribution in [0.3, 0.4) is 0 Å². The van der Waals surface area contributed by atoms with Gasteiger partial charge in [0.15, 0.2) is 0 Å². The van der Waals surface area contributed by atoms with Crippen LogP contribution in [0.1, 0.15) is 11.1 Å². The van der Waals surface area contributed by atoms with Gasteiger partial charge in [-0.15, -0.1) is 11.3 Å². The van der Waals surface area contributed by atoms with E-state index in [9.17, 15) is 0 Å². The Morgan fingerprint density at radius 3 is 1.42 bits per heavy atom. The second kappa shape index (κ2) is 8.20. The largest absolute Gasteiger partial charge is 0.264 e. The fraction of sp³-hybridized carbons (Fsp3) is 0.0769. The van der Waals surface area contributed by atoms with Crippen molar-refractivity contribution in [2.45, 2.75) is 13.8 Å². The van der Waals surface area contributed by atoms with Gasteiger partial charge in [-0.3, -0.25) is 19.9 Å². The van der Waals surface area contributed by atoms with E-state index < -0.39 is 0 Å². The summed E-state index contributed by atoms with van der Waals surface area (Å²) in [6, 6.07) is 12.7. The molecule has 150 valence electrons. The predicted octanol–water partition coefficient (Wildman–Crippen LogP) is 6.61. The first-order chi connectivity index (χ1) is 15.2. The third kappa shape index (κ3) is 3.88. The summed E-state index contributed by atoms with van der Waals surface area (Å²) in [6.07, 6.45) is 15.0. The number of aromatic nitrogens is 4. The Bertz CT molecular complexity index is 1270. The fourth-order valence-corrected chi connectivity index (χ4v) is 4.59. The highest BCUT2D eigenvalue weighted by Gasteiger charge is 2.10. The van der Waals surface area contributed by atoms with Crippen molar-refractivity contribution < 1.29 is 0 Å². The normalized spacial score (nSPS) is 10.9. The smallest absolute Gasteiger partial charge is 0.0365 e. The molecule has 5 heterocycles. The lowest BCUT2D eigenvalue weighted by Gasteiger charge is -2.07. The molecular weight excluding hydrogens is 400 g/mol. The lowest BCUT2D eigenvalue weighted by Crippen LogP contribution is -1.87. The maximum Gasteiger partial charge on any atom is 0.0365 e. The molecule has 0 saturated heterocycles. The second-order valence-electron chi connectivity index (χ2n) is 7.47. The first-order valence-electron chi connectivity index (χ1n) is 10.0. The average Bonchev–Trinajstić information content (AvgIpc) is 3.30. The molecule has 0 fully saturated rings. The van der Waals surface area contributed by atoms with Gasteiger partial charge in [0.2, 0.25) is 0 Å². The number of hydrogen-bond acceptors (Lipinski definition) is 5. The van der Waals surface area contributed by atoms with Crippen molar-refractivity contribution in [2.24, 2.45) is 0 Å². The van der Waals surface area contributed by atoms with E-state index in [2.05, 4.69) is 58.0 Å². The molecule has 5 heteroatoms. The van der Waals surface area contributed by atoms with Crippen molar-refractivity contribution >= 4 is 11.3 Å². The monoisotopic (exact) mass is 420 g/mol. The van der Waals surface area contributed by atoms with E-state index in [1.807, 2.05) is 61.7 Å². The van der Waals surface area contributed by atoms with Gasteiger partial charge in [-0.25, -0.2) is 0 Å². The molecule has 0 atom stereocenters. The fourth-order valence-electron chi connectivity index (χ4n) is 3.62. The molecule has 4 nitrogen and oxygen atoms in total. The molecule has 0 aromatic carbocycles. The highest BCUT2D eigenvalue weighted by atomic mass is 32.1. The lowest BCUT2D eigenvalue weighted by molar-refractivity contribution is 1.27. The van der Waals surface area contributed by atoms with Gasteiger partial charge < -0.3 is 0 Å². The van der Waals surface area contributed by atoms with Crippen LogP contribution in [-0.4, -0.2) is 19.9 Å². The Hall–Kier alpha value is -3.70. The number of aryl methyl sites for hydroxylation is 2. The second-order valence-corrected chi connectivity index (χ2v) is 8.55. The van der Waals surface area contributed by atoms with E-state index in [-0.39, 0.29) is 0 Å². The average molecular weight is 421 g/mol. The molecule has 5 aromatic rings. The number of nitrogens with zero attached hydrogens (tertiary/aromatic N) is 4. The van der Waals surface area contributed by atoms with Crippen molar-refractivity contribution in [3.05, 3.63) is 97.1 Å². The summed E-state index contributed by atoms with van der Waals surface area (Å²) in [6.45, 7) is 4.19. The van der Waals surface area contributed by atoms with Gasteiger partial charge in [0, 0.05) is 92.7 Å². The SMILES string of the molecule is Cc1ccncc1-c1cncc(-c2ccc(-c3cncc(-c4cnccc4C)c3)s2)c1. The van der Waals surface area contributed by atoms with Crippen LogP contribution in [-0.2, 0) is 0 Å². The van der Waals surface area contributed by atoms with E-state index in [0.29, 0.717) is 0 Å². The van der Waals surface area contributed by atoms with Crippen LogP contribution in [0.4, 0.5) is 0 Å². The first-order valence-corrected chi connectivity index (χ1v) is 10.8. The van der Waals surface area contributed by atoms with E-state index in [4.69, 9.17) is 0 Å². The van der Waals surface area contributed by atoms with Crippen LogP contribution < -0.4 is 0 Å². The molecular formula is C26H20N4S. The van der Waals surface area contributed by atoms with Crippen molar-refractivity contribution in [2.75, 3.05) is 0 Å². The van der Waals surface area contributed by atoms with E-state index >= 15 is 0 Å². The molecule has 5 rings (SSSR count). The Kier molecular flexibility index (Phi) is 5.10. The Morgan fingerprint density at radius 2 is 0.968 bits per heavy atom. The third-order valence-electron chi connectivity index (χ3n) is 5.35. The number of hydrogen-bond donors (Lipinski definition) is 0. The molecule has 5 aromatic heterocycles. The van der Waals surface area contributed by atoms with E-state index in [1.165, 1.54) is 20.9 Å². The van der Waals surface area contributed by atoms with Gasteiger partial charge >= 0.3 is 0 Å². The van der Waals surface area contributed by atoms with Gasteiger partial charge in [-0.2, -0.15) is 0 Å². The Balaban J connectivity index is 1.49. The van der Waals surface area contributed by atoms with Crippen LogP contribution in [0.25, 0.3) is 43.1 Å². The molecule has 0 bridgehead atoms. The zero-order chi connectivity index (χ0) is 21.2. The molecule has 0 radical (unpaired) electrons. The van der Waals surface area contributed by atoms with Crippen molar-refractivity contribution in [3.8, 4) is 43.1 Å². The van der Waals surface area contributed by atoms with Gasteiger partial charge in [0.25, 0.3) is 0 Å². The Morgan fingerprint density at radius 1 is 0.516 bits per heavy atom. The molecule has 0 aliphatic heterocycles. The number of pyridine rings is 4. The summed E-state index contributed by atoms with van der Waals surface area (Å²) in [4.78, 5) is 19.9. The summed E-state index contributed by atoms with van der Waals surface area (Å²) in [5.41, 5.74) is 8.95. The highest BCUT2D eigenvalue weighted by Crippen LogP contribution is 2.36. The maximum atomic E-state index is 4.48. The molecule has 31 heavy (non-hydrogen) atoms. The molecule has 0 spiro atoms. The van der Waals surface area contributed by atoms with E-state index in [0.717, 1.165) is 33.4 Å². The molecule has 0 amide bonds. The quantitative estimate of drug-likeness (QED) is 0.328.